The van der Waals surface area contributed by atoms with Crippen molar-refractivity contribution in [2.45, 2.75) is 86.3 Å². The maximum Gasteiger partial charge on any atom is 0.0598 e. The fourth-order valence-corrected chi connectivity index (χ4v) is 13.1. The lowest BCUT2D eigenvalue weighted by Gasteiger charge is -2.39. The number of allylic oxidation sites excluding steroid dienone is 12. The molecule has 2 aliphatic heterocycles. The minimum atomic E-state index is -0.396. The maximum atomic E-state index is 2.59. The van der Waals surface area contributed by atoms with Crippen molar-refractivity contribution >= 4 is 46.7 Å². The molecule has 2 unspecified atom stereocenters. The Morgan fingerprint density at radius 3 is 2.35 bits per heavy atom. The second-order valence-electron chi connectivity index (χ2n) is 16.4. The first-order valence-electron chi connectivity index (χ1n) is 21.4. The summed E-state index contributed by atoms with van der Waals surface area (Å²) in [6.07, 6.45) is 25.1. The second kappa shape index (κ2) is 18.0. The number of hydrogen-bond donors (Lipinski definition) is 0. The summed E-state index contributed by atoms with van der Waals surface area (Å²) in [6, 6.07) is 45.4. The van der Waals surface area contributed by atoms with Crippen LogP contribution in [0.5, 0.6) is 0 Å². The molecule has 0 saturated heterocycles. The molecule has 0 aromatic heterocycles. The molecule has 4 aliphatic rings. The number of nitrogens with zero attached hydrogens (tertiary/aromatic N) is 1. The molecule has 0 fully saturated rings. The zero-order valence-corrected chi connectivity index (χ0v) is 37.6. The SMILES string of the molecule is C/C=C\C1=C(C)Sc2c(ccc(CC(C3=CCC=CC(CC4C/C=C\CC5=C(C4)Sc4ccccc4N5c4ccccc4)=C3)(c3ccccc3)c3cccc(C)c3)c2C)S1. The number of anilines is 2. The van der Waals surface area contributed by atoms with E-state index in [-0.39, 0.29) is 0 Å². The maximum absolute atomic E-state index is 2.59. The number of benzene rings is 5. The van der Waals surface area contributed by atoms with Crippen LogP contribution in [0.2, 0.25) is 0 Å². The van der Waals surface area contributed by atoms with Gasteiger partial charge in [-0.25, -0.2) is 0 Å². The number of para-hydroxylation sites is 2. The van der Waals surface area contributed by atoms with Crippen LogP contribution in [0.25, 0.3) is 0 Å². The van der Waals surface area contributed by atoms with Crippen LogP contribution in [0.1, 0.15) is 73.8 Å². The van der Waals surface area contributed by atoms with E-state index in [1.807, 2.05) is 35.3 Å². The van der Waals surface area contributed by atoms with E-state index in [1.54, 1.807) is 0 Å². The van der Waals surface area contributed by atoms with Gasteiger partial charge in [0.1, 0.15) is 0 Å². The molecule has 0 bridgehead atoms. The van der Waals surface area contributed by atoms with Crippen molar-refractivity contribution in [3.8, 4) is 0 Å². The molecule has 0 radical (unpaired) electrons. The van der Waals surface area contributed by atoms with Crippen LogP contribution in [-0.4, -0.2) is 0 Å². The van der Waals surface area contributed by atoms with Gasteiger partial charge in [-0.2, -0.15) is 0 Å². The van der Waals surface area contributed by atoms with Gasteiger partial charge in [-0.3, -0.25) is 0 Å². The summed E-state index contributed by atoms with van der Waals surface area (Å²) in [7, 11) is 0. The first kappa shape index (κ1) is 40.5. The van der Waals surface area contributed by atoms with Gasteiger partial charge in [0.05, 0.1) is 5.69 Å². The van der Waals surface area contributed by atoms with Crippen molar-refractivity contribution in [1.82, 2.24) is 0 Å². The fraction of sp³-hybridized carbons (Fsp3) is 0.214. The molecule has 2 aliphatic carbocycles. The zero-order valence-electron chi connectivity index (χ0n) is 35.2. The van der Waals surface area contributed by atoms with Gasteiger partial charge in [0.25, 0.3) is 0 Å². The highest BCUT2D eigenvalue weighted by Crippen LogP contribution is 2.53. The zero-order chi connectivity index (χ0) is 41.1. The first-order chi connectivity index (χ1) is 29.4. The van der Waals surface area contributed by atoms with E-state index in [2.05, 4.69) is 203 Å². The number of thioether (sulfide) groups is 3. The van der Waals surface area contributed by atoms with Gasteiger partial charge in [-0.15, -0.1) is 0 Å². The van der Waals surface area contributed by atoms with Gasteiger partial charge in [0.2, 0.25) is 0 Å². The van der Waals surface area contributed by atoms with Crippen molar-refractivity contribution in [3.63, 3.8) is 0 Å². The van der Waals surface area contributed by atoms with Crippen molar-refractivity contribution in [2.24, 2.45) is 5.92 Å². The molecule has 0 spiro atoms. The Kier molecular flexibility index (Phi) is 12.2. The van der Waals surface area contributed by atoms with Crippen LogP contribution in [0, 0.1) is 19.8 Å². The van der Waals surface area contributed by atoms with E-state index < -0.39 is 5.41 Å². The summed E-state index contributed by atoms with van der Waals surface area (Å²) in [5.41, 5.74) is 13.1. The summed E-state index contributed by atoms with van der Waals surface area (Å²) in [5.74, 6) is 0.475. The molecule has 5 aromatic carbocycles. The number of rotatable bonds is 9. The fourth-order valence-electron chi connectivity index (χ4n) is 9.42. The summed E-state index contributed by atoms with van der Waals surface area (Å²) < 4.78 is 0. The predicted octanol–water partition coefficient (Wildman–Crippen LogP) is 16.6. The second-order valence-corrected chi connectivity index (χ2v) is 19.9. The lowest BCUT2D eigenvalue weighted by molar-refractivity contribution is 0.530. The van der Waals surface area contributed by atoms with Crippen LogP contribution in [0.15, 0.2) is 216 Å². The summed E-state index contributed by atoms with van der Waals surface area (Å²) in [4.78, 5) is 10.9. The molecule has 5 aromatic rings. The highest BCUT2D eigenvalue weighted by molar-refractivity contribution is 8.09. The Morgan fingerprint density at radius 1 is 0.750 bits per heavy atom. The largest absolute Gasteiger partial charge is 0.312 e. The average Bonchev–Trinajstić information content (AvgIpc) is 3.51. The standard InChI is InChI=1S/C56H53NS3/c1-5-19-51-41(4)58-55-40(3)44(32-33-53(55)59-51)38-56(45-23-8-6-9-24-45,46-26-18-20-39(2)34-46)47-25-14-12-21-42(36-47)35-43-22-13-15-30-50-54(37-43)60-52-31-17-16-29-49(52)57(50)48-27-10-7-11-28-48/h5-13,15-21,23-29,31-34,36,43H,14,22,30,35,37-38H2,1-4H3/b15-13-,19-5-. The smallest absolute Gasteiger partial charge is 0.0598 e. The van der Waals surface area contributed by atoms with E-state index >= 15 is 0 Å². The first-order valence-corrected chi connectivity index (χ1v) is 23.9. The van der Waals surface area contributed by atoms with E-state index in [0.29, 0.717) is 5.92 Å². The lowest BCUT2D eigenvalue weighted by atomic mass is 9.64. The Hall–Kier alpha value is -4.87. The topological polar surface area (TPSA) is 3.24 Å². The molecule has 2 atom stereocenters. The monoisotopic (exact) mass is 835 g/mol. The summed E-state index contributed by atoms with van der Waals surface area (Å²) >= 11 is 5.84. The number of hydrogen-bond acceptors (Lipinski definition) is 4. The van der Waals surface area contributed by atoms with Crippen LogP contribution < -0.4 is 4.90 Å². The molecule has 300 valence electrons. The average molecular weight is 836 g/mol. The van der Waals surface area contributed by atoms with Gasteiger partial charge in [-0.05, 0) is 129 Å². The number of aryl methyl sites for hydroxylation is 1. The molecule has 60 heavy (non-hydrogen) atoms. The van der Waals surface area contributed by atoms with E-state index in [0.717, 1.165) is 38.5 Å². The van der Waals surface area contributed by atoms with E-state index in [9.17, 15) is 0 Å². The molecule has 4 heteroatoms. The quantitative estimate of drug-likeness (QED) is 0.136. The van der Waals surface area contributed by atoms with Gasteiger partial charge in [0.15, 0.2) is 0 Å². The van der Waals surface area contributed by atoms with Gasteiger partial charge >= 0.3 is 0 Å². The number of fused-ring (bicyclic) bond motifs is 2. The van der Waals surface area contributed by atoms with Crippen LogP contribution in [-0.2, 0) is 11.8 Å². The predicted molar refractivity (Wildman–Crippen MR) is 261 cm³/mol. The molecule has 0 saturated carbocycles. The molecule has 2 heterocycles. The van der Waals surface area contributed by atoms with Gasteiger partial charge in [-0.1, -0.05) is 180 Å². The molecule has 0 N–H and O–H groups in total. The van der Waals surface area contributed by atoms with Crippen LogP contribution in [0.3, 0.4) is 0 Å². The minimum absolute atomic E-state index is 0.396. The van der Waals surface area contributed by atoms with Gasteiger partial charge in [0, 0.05) is 52.6 Å². The molecule has 0 amide bonds. The van der Waals surface area contributed by atoms with Crippen molar-refractivity contribution in [1.29, 1.82) is 0 Å². The third-order valence-corrected chi connectivity index (χ3v) is 16.3. The summed E-state index contributed by atoms with van der Waals surface area (Å²) in [5, 5.41) is 0. The third kappa shape index (κ3) is 8.15. The highest BCUT2D eigenvalue weighted by Gasteiger charge is 2.39. The van der Waals surface area contributed by atoms with Gasteiger partial charge < -0.3 is 4.90 Å². The summed E-state index contributed by atoms with van der Waals surface area (Å²) in [6.45, 7) is 8.98. The van der Waals surface area contributed by atoms with Crippen LogP contribution >= 0.6 is 35.3 Å². The Labute approximate surface area is 370 Å². The molecular weight excluding hydrogens is 783 g/mol. The lowest BCUT2D eigenvalue weighted by Crippen LogP contribution is -2.33. The minimum Gasteiger partial charge on any atom is -0.312 e. The third-order valence-electron chi connectivity index (χ3n) is 12.4. The molecule has 1 nitrogen and oxygen atoms in total. The van der Waals surface area contributed by atoms with E-state index in [4.69, 9.17) is 0 Å². The van der Waals surface area contributed by atoms with Crippen LogP contribution in [0.4, 0.5) is 11.4 Å². The van der Waals surface area contributed by atoms with Crippen molar-refractivity contribution in [3.05, 3.63) is 229 Å². The Morgan fingerprint density at radius 2 is 1.53 bits per heavy atom. The molecular formula is C56H53NS3. The normalized spacial score (nSPS) is 19.3. The molecule has 9 rings (SSSR count). The van der Waals surface area contributed by atoms with Crippen molar-refractivity contribution in [2.75, 3.05) is 4.90 Å². The van der Waals surface area contributed by atoms with Crippen molar-refractivity contribution < 1.29 is 0 Å². The Bertz CT molecular complexity index is 2620. The van der Waals surface area contributed by atoms with E-state index in [1.165, 1.54) is 85.4 Å². The Balaban J connectivity index is 1.12. The highest BCUT2D eigenvalue weighted by atomic mass is 32.2.